The lowest BCUT2D eigenvalue weighted by molar-refractivity contribution is -0.130. The second kappa shape index (κ2) is 7.00. The predicted molar refractivity (Wildman–Crippen MR) is 97.5 cm³/mol. The van der Waals surface area contributed by atoms with Crippen molar-refractivity contribution in [2.24, 2.45) is 0 Å². The quantitative estimate of drug-likeness (QED) is 0.861. The number of aryl methyl sites for hydroxylation is 1. The standard InChI is InChI=1S/C20H26N4O/c1-16-6-2-3-8-19(16)24-14-17(12-21-24)13-22-10-4-7-18(15-22)23-11-5-9-20(23)25/h2-3,6,8,12,14,18H,4-5,7,9-11,13,15H2,1H3. The molecule has 2 aromatic rings. The van der Waals surface area contributed by atoms with Crippen LogP contribution in [-0.4, -0.2) is 51.2 Å². The van der Waals surface area contributed by atoms with Gasteiger partial charge in [-0.15, -0.1) is 0 Å². The lowest BCUT2D eigenvalue weighted by Gasteiger charge is -2.37. The van der Waals surface area contributed by atoms with Gasteiger partial charge in [0.05, 0.1) is 11.9 Å². The van der Waals surface area contributed by atoms with E-state index in [1.54, 1.807) is 0 Å². The summed E-state index contributed by atoms with van der Waals surface area (Å²) in [7, 11) is 0. The zero-order chi connectivity index (χ0) is 17.2. The fourth-order valence-electron chi connectivity index (χ4n) is 4.14. The van der Waals surface area contributed by atoms with E-state index in [2.05, 4.69) is 46.2 Å². The van der Waals surface area contributed by atoms with Crippen molar-refractivity contribution in [2.75, 3.05) is 19.6 Å². The maximum absolute atomic E-state index is 12.0. The minimum atomic E-state index is 0.347. The van der Waals surface area contributed by atoms with E-state index in [0.29, 0.717) is 11.9 Å². The van der Waals surface area contributed by atoms with Gasteiger partial charge in [0.25, 0.3) is 0 Å². The average molecular weight is 338 g/mol. The van der Waals surface area contributed by atoms with Crippen LogP contribution in [0.15, 0.2) is 36.7 Å². The molecular formula is C20H26N4O. The molecule has 1 unspecified atom stereocenters. The first-order valence-electron chi connectivity index (χ1n) is 9.32. The summed E-state index contributed by atoms with van der Waals surface area (Å²) in [6.45, 7) is 6.06. The van der Waals surface area contributed by atoms with Crippen LogP contribution in [-0.2, 0) is 11.3 Å². The molecule has 5 heteroatoms. The first-order valence-corrected chi connectivity index (χ1v) is 9.32. The summed E-state index contributed by atoms with van der Waals surface area (Å²) in [4.78, 5) is 16.6. The third-order valence-electron chi connectivity index (χ3n) is 5.44. The summed E-state index contributed by atoms with van der Waals surface area (Å²) in [5, 5.41) is 4.55. The number of para-hydroxylation sites is 1. The Morgan fingerprint density at radius 3 is 2.88 bits per heavy atom. The zero-order valence-corrected chi connectivity index (χ0v) is 14.9. The molecule has 2 aliphatic rings. The Bertz CT molecular complexity index is 754. The van der Waals surface area contributed by atoms with Crippen molar-refractivity contribution in [1.29, 1.82) is 0 Å². The van der Waals surface area contributed by atoms with Crippen molar-refractivity contribution in [1.82, 2.24) is 19.6 Å². The number of aromatic nitrogens is 2. The first kappa shape index (κ1) is 16.3. The van der Waals surface area contributed by atoms with E-state index in [9.17, 15) is 4.79 Å². The second-order valence-corrected chi connectivity index (χ2v) is 7.30. The molecular weight excluding hydrogens is 312 g/mol. The van der Waals surface area contributed by atoms with Crippen LogP contribution < -0.4 is 0 Å². The molecule has 132 valence electrons. The van der Waals surface area contributed by atoms with Crippen LogP contribution in [0.2, 0.25) is 0 Å². The van der Waals surface area contributed by atoms with Gasteiger partial charge in [0, 0.05) is 43.9 Å². The van der Waals surface area contributed by atoms with Crippen molar-refractivity contribution < 1.29 is 4.79 Å². The van der Waals surface area contributed by atoms with Crippen molar-refractivity contribution in [3.05, 3.63) is 47.8 Å². The van der Waals surface area contributed by atoms with Gasteiger partial charge in [0.2, 0.25) is 5.91 Å². The molecule has 2 saturated heterocycles. The Hall–Kier alpha value is -2.14. The Kier molecular flexibility index (Phi) is 4.57. The van der Waals surface area contributed by atoms with Gasteiger partial charge in [-0.25, -0.2) is 4.68 Å². The molecule has 1 aromatic carbocycles. The summed E-state index contributed by atoms with van der Waals surface area (Å²) >= 11 is 0. The molecule has 25 heavy (non-hydrogen) atoms. The summed E-state index contributed by atoms with van der Waals surface area (Å²) < 4.78 is 1.97. The number of hydrogen-bond acceptors (Lipinski definition) is 3. The number of hydrogen-bond donors (Lipinski definition) is 0. The number of likely N-dealkylation sites (tertiary alicyclic amines) is 2. The smallest absolute Gasteiger partial charge is 0.222 e. The van der Waals surface area contributed by atoms with Gasteiger partial charge in [-0.05, 0) is 44.4 Å². The molecule has 3 heterocycles. The molecule has 1 aromatic heterocycles. The Morgan fingerprint density at radius 2 is 2.08 bits per heavy atom. The van der Waals surface area contributed by atoms with Crippen molar-refractivity contribution in [3.63, 3.8) is 0 Å². The number of rotatable bonds is 4. The molecule has 2 aliphatic heterocycles. The highest BCUT2D eigenvalue weighted by molar-refractivity contribution is 5.78. The number of amides is 1. The summed E-state index contributed by atoms with van der Waals surface area (Å²) in [6, 6.07) is 8.71. The predicted octanol–water partition coefficient (Wildman–Crippen LogP) is 2.77. The molecule has 0 bridgehead atoms. The van der Waals surface area contributed by atoms with Crippen LogP contribution in [0.1, 0.15) is 36.8 Å². The van der Waals surface area contributed by atoms with Gasteiger partial charge in [0.1, 0.15) is 0 Å². The third-order valence-corrected chi connectivity index (χ3v) is 5.44. The minimum Gasteiger partial charge on any atom is -0.338 e. The van der Waals surface area contributed by atoms with Gasteiger partial charge in [-0.1, -0.05) is 18.2 Å². The van der Waals surface area contributed by atoms with E-state index in [1.807, 2.05) is 16.9 Å². The van der Waals surface area contributed by atoms with Crippen LogP contribution in [0.5, 0.6) is 0 Å². The van der Waals surface area contributed by atoms with Crippen LogP contribution >= 0.6 is 0 Å². The Balaban J connectivity index is 1.42. The minimum absolute atomic E-state index is 0.347. The normalized spacial score (nSPS) is 21.9. The van der Waals surface area contributed by atoms with Gasteiger partial charge in [-0.2, -0.15) is 5.10 Å². The maximum Gasteiger partial charge on any atom is 0.222 e. The largest absolute Gasteiger partial charge is 0.338 e. The molecule has 1 amide bonds. The van der Waals surface area contributed by atoms with Gasteiger partial charge < -0.3 is 4.90 Å². The SMILES string of the molecule is Cc1ccccc1-n1cc(CN2CCCC(N3CCCC3=O)C2)cn1. The molecule has 1 atom stereocenters. The lowest BCUT2D eigenvalue weighted by atomic mass is 10.0. The number of piperidine rings is 1. The van der Waals surface area contributed by atoms with E-state index in [0.717, 1.165) is 51.1 Å². The number of carbonyl (C=O) groups excluding carboxylic acids is 1. The molecule has 0 N–H and O–H groups in total. The second-order valence-electron chi connectivity index (χ2n) is 7.30. The van der Waals surface area contributed by atoms with Crippen LogP contribution in [0.4, 0.5) is 0 Å². The monoisotopic (exact) mass is 338 g/mol. The Morgan fingerprint density at radius 1 is 1.20 bits per heavy atom. The number of carbonyl (C=O) groups is 1. The van der Waals surface area contributed by atoms with Gasteiger partial charge in [-0.3, -0.25) is 9.69 Å². The highest BCUT2D eigenvalue weighted by atomic mass is 16.2. The van der Waals surface area contributed by atoms with E-state index < -0.39 is 0 Å². The van der Waals surface area contributed by atoms with Crippen LogP contribution in [0.3, 0.4) is 0 Å². The number of benzene rings is 1. The highest BCUT2D eigenvalue weighted by Gasteiger charge is 2.31. The fourth-order valence-corrected chi connectivity index (χ4v) is 4.14. The van der Waals surface area contributed by atoms with Crippen molar-refractivity contribution in [2.45, 2.75) is 45.2 Å². The third kappa shape index (κ3) is 3.47. The molecule has 5 nitrogen and oxygen atoms in total. The molecule has 0 saturated carbocycles. The zero-order valence-electron chi connectivity index (χ0n) is 14.9. The summed E-state index contributed by atoms with van der Waals surface area (Å²) in [5.41, 5.74) is 3.59. The van der Waals surface area contributed by atoms with E-state index >= 15 is 0 Å². The van der Waals surface area contributed by atoms with Crippen molar-refractivity contribution >= 4 is 5.91 Å². The van der Waals surface area contributed by atoms with E-state index in [4.69, 9.17) is 0 Å². The molecule has 0 aliphatic carbocycles. The molecule has 0 spiro atoms. The Labute approximate surface area is 149 Å². The van der Waals surface area contributed by atoms with Gasteiger partial charge in [0.15, 0.2) is 0 Å². The average Bonchev–Trinajstić information content (AvgIpc) is 3.25. The van der Waals surface area contributed by atoms with Crippen LogP contribution in [0.25, 0.3) is 5.69 Å². The molecule has 0 radical (unpaired) electrons. The van der Waals surface area contributed by atoms with Crippen molar-refractivity contribution in [3.8, 4) is 5.69 Å². The number of nitrogens with zero attached hydrogens (tertiary/aromatic N) is 4. The lowest BCUT2D eigenvalue weighted by Crippen LogP contribution is -2.48. The topological polar surface area (TPSA) is 41.4 Å². The van der Waals surface area contributed by atoms with Gasteiger partial charge >= 0.3 is 0 Å². The first-order chi connectivity index (χ1) is 12.2. The maximum atomic E-state index is 12.0. The molecule has 2 fully saturated rings. The fraction of sp³-hybridized carbons (Fsp3) is 0.500. The highest BCUT2D eigenvalue weighted by Crippen LogP contribution is 2.23. The summed E-state index contributed by atoms with van der Waals surface area (Å²) in [6.07, 6.45) is 8.17. The van der Waals surface area contributed by atoms with Crippen LogP contribution in [0, 0.1) is 6.92 Å². The van der Waals surface area contributed by atoms with E-state index in [-0.39, 0.29) is 0 Å². The van der Waals surface area contributed by atoms with E-state index in [1.165, 1.54) is 17.5 Å². The molecule has 4 rings (SSSR count). The summed E-state index contributed by atoms with van der Waals surface area (Å²) in [5.74, 6) is 0.347.